The molecule has 1 fully saturated rings. The third-order valence-electron chi connectivity index (χ3n) is 4.58. The van der Waals surface area contributed by atoms with Crippen molar-refractivity contribution < 1.29 is 9.18 Å². The molecule has 7 nitrogen and oxygen atoms in total. The lowest BCUT2D eigenvalue weighted by Crippen LogP contribution is -2.34. The van der Waals surface area contributed by atoms with Gasteiger partial charge in [-0.1, -0.05) is 17.7 Å². The molecule has 0 atom stereocenters. The standard InChI is InChI=1S/C20H19ClFN5O2/c21-14-2-1-3-16(12-14)24-19(28)23-10-11-26-20(29)27(17-8-9-17)18(25-26)13-4-6-15(22)7-5-13/h1-7,12,17H,8-11H2,(H2,23,24,28). The number of nitrogens with one attached hydrogen (secondary N) is 2. The molecule has 1 aromatic heterocycles. The van der Waals surface area contributed by atoms with Gasteiger partial charge < -0.3 is 10.6 Å². The molecule has 0 unspecified atom stereocenters. The summed E-state index contributed by atoms with van der Waals surface area (Å²) in [5.41, 5.74) is 1.02. The molecule has 2 N–H and O–H groups in total. The maximum Gasteiger partial charge on any atom is 0.346 e. The highest BCUT2D eigenvalue weighted by atomic mass is 35.5. The molecular formula is C20H19ClFN5O2. The Bertz CT molecular complexity index is 1090. The van der Waals surface area contributed by atoms with E-state index in [4.69, 9.17) is 11.6 Å². The molecule has 4 rings (SSSR count). The van der Waals surface area contributed by atoms with Gasteiger partial charge in [0.15, 0.2) is 5.82 Å². The molecule has 29 heavy (non-hydrogen) atoms. The molecule has 9 heteroatoms. The van der Waals surface area contributed by atoms with Gasteiger partial charge in [0.25, 0.3) is 0 Å². The Morgan fingerprint density at radius 1 is 1.21 bits per heavy atom. The molecule has 0 saturated heterocycles. The number of anilines is 1. The maximum absolute atomic E-state index is 13.2. The minimum atomic E-state index is -0.402. The SMILES string of the molecule is O=C(NCCn1nc(-c2ccc(F)cc2)n(C2CC2)c1=O)Nc1cccc(Cl)c1. The highest BCUT2D eigenvalue weighted by Crippen LogP contribution is 2.36. The molecule has 0 aliphatic heterocycles. The van der Waals surface area contributed by atoms with Crippen LogP contribution in [0.1, 0.15) is 18.9 Å². The first-order valence-corrected chi connectivity index (χ1v) is 9.65. The van der Waals surface area contributed by atoms with Gasteiger partial charge in [-0.05, 0) is 55.3 Å². The fraction of sp³-hybridized carbons (Fsp3) is 0.250. The van der Waals surface area contributed by atoms with Gasteiger partial charge in [0.2, 0.25) is 0 Å². The van der Waals surface area contributed by atoms with Crippen molar-refractivity contribution in [2.75, 3.05) is 11.9 Å². The Kier molecular flexibility index (Phi) is 5.35. The number of hydrogen-bond donors (Lipinski definition) is 2. The maximum atomic E-state index is 13.2. The second-order valence-corrected chi connectivity index (χ2v) is 7.27. The van der Waals surface area contributed by atoms with Crippen LogP contribution in [0.3, 0.4) is 0 Å². The summed E-state index contributed by atoms with van der Waals surface area (Å²) >= 11 is 5.90. The van der Waals surface area contributed by atoms with E-state index in [9.17, 15) is 14.0 Å². The number of aromatic nitrogens is 3. The molecule has 0 bridgehead atoms. The van der Waals surface area contributed by atoms with E-state index in [2.05, 4.69) is 15.7 Å². The van der Waals surface area contributed by atoms with Gasteiger partial charge in [0, 0.05) is 28.9 Å². The summed E-state index contributed by atoms with van der Waals surface area (Å²) in [5.74, 6) is 0.171. The molecule has 3 aromatic rings. The fourth-order valence-corrected chi connectivity index (χ4v) is 3.23. The number of hydrogen-bond acceptors (Lipinski definition) is 3. The second-order valence-electron chi connectivity index (χ2n) is 6.83. The predicted octanol–water partition coefficient (Wildman–Crippen LogP) is 3.66. The molecule has 1 heterocycles. The summed E-state index contributed by atoms with van der Waals surface area (Å²) in [7, 11) is 0. The van der Waals surface area contributed by atoms with Gasteiger partial charge in [-0.25, -0.2) is 18.7 Å². The first kappa shape index (κ1) is 19.2. The van der Waals surface area contributed by atoms with Crippen LogP contribution < -0.4 is 16.3 Å². The average molecular weight is 416 g/mol. The normalized spacial score (nSPS) is 13.3. The van der Waals surface area contributed by atoms with Crippen LogP contribution in [0.4, 0.5) is 14.9 Å². The summed E-state index contributed by atoms with van der Waals surface area (Å²) in [6, 6.07) is 12.4. The largest absolute Gasteiger partial charge is 0.346 e. The number of rotatable bonds is 6. The van der Waals surface area contributed by atoms with Crippen LogP contribution in [-0.2, 0) is 6.54 Å². The number of halogens is 2. The van der Waals surface area contributed by atoms with Gasteiger partial charge in [-0.3, -0.25) is 4.57 Å². The minimum Gasteiger partial charge on any atom is -0.336 e. The Labute approximate surface area is 171 Å². The van der Waals surface area contributed by atoms with E-state index in [0.717, 1.165) is 12.8 Å². The van der Waals surface area contributed by atoms with Crippen molar-refractivity contribution >= 4 is 23.3 Å². The van der Waals surface area contributed by atoms with Crippen LogP contribution in [0.15, 0.2) is 53.3 Å². The first-order valence-electron chi connectivity index (χ1n) is 9.27. The van der Waals surface area contributed by atoms with Crippen LogP contribution in [-0.4, -0.2) is 26.9 Å². The van der Waals surface area contributed by atoms with E-state index in [1.165, 1.54) is 16.8 Å². The van der Waals surface area contributed by atoms with E-state index in [-0.39, 0.29) is 30.6 Å². The Morgan fingerprint density at radius 3 is 2.66 bits per heavy atom. The zero-order valence-corrected chi connectivity index (χ0v) is 16.2. The zero-order valence-electron chi connectivity index (χ0n) is 15.4. The molecule has 1 saturated carbocycles. The van der Waals surface area contributed by atoms with E-state index in [0.29, 0.717) is 22.1 Å². The quantitative estimate of drug-likeness (QED) is 0.644. The molecular weight excluding hydrogens is 397 g/mol. The topological polar surface area (TPSA) is 81.0 Å². The lowest BCUT2D eigenvalue weighted by atomic mass is 10.2. The Morgan fingerprint density at radius 2 is 1.97 bits per heavy atom. The predicted molar refractivity (Wildman–Crippen MR) is 109 cm³/mol. The van der Waals surface area contributed by atoms with Crippen molar-refractivity contribution in [2.24, 2.45) is 0 Å². The minimum absolute atomic E-state index is 0.121. The highest BCUT2D eigenvalue weighted by Gasteiger charge is 2.30. The molecule has 2 aromatic carbocycles. The van der Waals surface area contributed by atoms with Crippen LogP contribution in [0.5, 0.6) is 0 Å². The number of benzene rings is 2. The summed E-state index contributed by atoms with van der Waals surface area (Å²) in [4.78, 5) is 24.8. The van der Waals surface area contributed by atoms with Crippen molar-refractivity contribution in [1.29, 1.82) is 0 Å². The molecule has 1 aliphatic rings. The van der Waals surface area contributed by atoms with Crippen molar-refractivity contribution in [2.45, 2.75) is 25.4 Å². The third-order valence-corrected chi connectivity index (χ3v) is 4.81. The second kappa shape index (κ2) is 8.08. The number of carbonyl (C=O) groups excluding carboxylic acids is 1. The van der Waals surface area contributed by atoms with Crippen LogP contribution in [0.2, 0.25) is 5.02 Å². The van der Waals surface area contributed by atoms with Crippen molar-refractivity contribution in [3.8, 4) is 11.4 Å². The van der Waals surface area contributed by atoms with Crippen LogP contribution in [0.25, 0.3) is 11.4 Å². The Hall–Kier alpha value is -3.13. The molecule has 1 aliphatic carbocycles. The van der Waals surface area contributed by atoms with Gasteiger partial charge in [-0.15, -0.1) is 5.10 Å². The van der Waals surface area contributed by atoms with E-state index < -0.39 is 6.03 Å². The van der Waals surface area contributed by atoms with Crippen LogP contribution in [0, 0.1) is 5.82 Å². The van der Waals surface area contributed by atoms with Gasteiger partial charge in [-0.2, -0.15) is 0 Å². The first-order chi connectivity index (χ1) is 14.0. The monoisotopic (exact) mass is 415 g/mol. The van der Waals surface area contributed by atoms with Crippen molar-refractivity contribution in [3.63, 3.8) is 0 Å². The average Bonchev–Trinajstić information content (AvgIpc) is 3.47. The summed E-state index contributed by atoms with van der Waals surface area (Å²) in [6.45, 7) is 0.437. The lowest BCUT2D eigenvalue weighted by molar-refractivity contribution is 0.251. The highest BCUT2D eigenvalue weighted by molar-refractivity contribution is 6.30. The van der Waals surface area contributed by atoms with Gasteiger partial charge in [0.05, 0.1) is 6.54 Å². The van der Waals surface area contributed by atoms with Gasteiger partial charge >= 0.3 is 11.7 Å². The molecule has 150 valence electrons. The molecule has 0 spiro atoms. The number of carbonyl (C=O) groups is 1. The van der Waals surface area contributed by atoms with Crippen molar-refractivity contribution in [3.05, 3.63) is 69.9 Å². The summed E-state index contributed by atoms with van der Waals surface area (Å²) in [6.07, 6.45) is 1.83. The molecule has 0 radical (unpaired) electrons. The van der Waals surface area contributed by atoms with E-state index in [1.807, 2.05) is 0 Å². The number of urea groups is 1. The van der Waals surface area contributed by atoms with E-state index >= 15 is 0 Å². The summed E-state index contributed by atoms with van der Waals surface area (Å²) < 4.78 is 16.2. The Balaban J connectivity index is 1.44. The third kappa shape index (κ3) is 4.48. The summed E-state index contributed by atoms with van der Waals surface area (Å²) in [5, 5.41) is 10.3. The van der Waals surface area contributed by atoms with Crippen molar-refractivity contribution in [1.82, 2.24) is 19.7 Å². The molecule has 2 amide bonds. The fourth-order valence-electron chi connectivity index (χ4n) is 3.04. The number of nitrogens with zero attached hydrogens (tertiary/aromatic N) is 3. The van der Waals surface area contributed by atoms with Crippen LogP contribution >= 0.6 is 11.6 Å². The van der Waals surface area contributed by atoms with Gasteiger partial charge in [0.1, 0.15) is 5.82 Å². The smallest absolute Gasteiger partial charge is 0.336 e. The lowest BCUT2D eigenvalue weighted by Gasteiger charge is -2.07. The number of amides is 2. The van der Waals surface area contributed by atoms with E-state index in [1.54, 1.807) is 41.0 Å². The zero-order chi connectivity index (χ0) is 20.4.